The fraction of sp³-hybridized carbons (Fsp3) is 0.556. The van der Waals surface area contributed by atoms with E-state index in [2.05, 4.69) is 0 Å². The summed E-state index contributed by atoms with van der Waals surface area (Å²) < 4.78 is 86.6. The first-order valence-corrected chi connectivity index (χ1v) is 5.27. The Hall–Kier alpha value is -0.790. The highest BCUT2D eigenvalue weighted by molar-refractivity contribution is 7.08. The number of thiophene rings is 1. The van der Waals surface area contributed by atoms with E-state index in [0.717, 1.165) is 16.7 Å². The summed E-state index contributed by atoms with van der Waals surface area (Å²) in [5.74, 6) is -11.2. The predicted octanol–water partition coefficient (Wildman–Crippen LogP) is 4.43. The summed E-state index contributed by atoms with van der Waals surface area (Å²) in [6, 6.07) is 0. The molecule has 0 fully saturated rings. The average molecular weight is 280 g/mol. The maximum atomic E-state index is 13.0. The first-order chi connectivity index (χ1) is 7.49. The van der Waals surface area contributed by atoms with E-state index in [-0.39, 0.29) is 11.1 Å². The quantitative estimate of drug-likeness (QED) is 0.718. The number of hydrogen-bond donors (Lipinski definition) is 0. The van der Waals surface area contributed by atoms with Gasteiger partial charge in [-0.3, -0.25) is 0 Å². The Morgan fingerprint density at radius 1 is 1.00 bits per heavy atom. The van der Waals surface area contributed by atoms with Crippen LogP contribution in [0.25, 0.3) is 0 Å². The molecule has 0 N–H and O–H groups in total. The normalized spacial score (nSPS) is 14.1. The minimum absolute atomic E-state index is 0.205. The maximum Gasteiger partial charge on any atom is 0.459 e. The highest BCUT2D eigenvalue weighted by Crippen LogP contribution is 2.48. The summed E-state index contributed by atoms with van der Waals surface area (Å²) in [5, 5.41) is 2.53. The van der Waals surface area contributed by atoms with Crippen molar-refractivity contribution in [1.82, 2.24) is 0 Å². The largest absolute Gasteiger partial charge is 0.459 e. The molecule has 17 heavy (non-hydrogen) atoms. The molecule has 0 spiro atoms. The van der Waals surface area contributed by atoms with Crippen molar-refractivity contribution in [3.8, 4) is 0 Å². The van der Waals surface area contributed by atoms with Crippen LogP contribution in [0, 0.1) is 6.92 Å². The van der Waals surface area contributed by atoms with Gasteiger partial charge in [0.2, 0.25) is 0 Å². The highest BCUT2D eigenvalue weighted by Gasteiger charge is 2.72. The molecular formula is C9H7F7S. The fourth-order valence-corrected chi connectivity index (χ4v) is 1.98. The second-order valence-electron chi connectivity index (χ2n) is 3.53. The van der Waals surface area contributed by atoms with Crippen molar-refractivity contribution in [2.45, 2.75) is 31.4 Å². The number of hydrogen-bond acceptors (Lipinski definition) is 1. The molecule has 8 heteroatoms. The molecule has 0 atom stereocenters. The SMILES string of the molecule is Cc1cscc1CC(F)(F)C(F)(F)C(F)(F)F. The van der Waals surface area contributed by atoms with E-state index in [9.17, 15) is 30.7 Å². The van der Waals surface area contributed by atoms with Crippen LogP contribution >= 0.6 is 11.3 Å². The number of rotatable bonds is 3. The Labute approximate surface area is 96.1 Å². The molecule has 0 radical (unpaired) electrons. The van der Waals surface area contributed by atoms with Crippen LogP contribution in [-0.4, -0.2) is 18.0 Å². The van der Waals surface area contributed by atoms with Gasteiger partial charge in [-0.15, -0.1) is 0 Å². The van der Waals surface area contributed by atoms with Crippen molar-refractivity contribution in [3.63, 3.8) is 0 Å². The van der Waals surface area contributed by atoms with Crippen LogP contribution in [0.2, 0.25) is 0 Å². The van der Waals surface area contributed by atoms with Gasteiger partial charge < -0.3 is 0 Å². The lowest BCUT2D eigenvalue weighted by Crippen LogP contribution is -2.53. The lowest BCUT2D eigenvalue weighted by atomic mass is 10.0. The van der Waals surface area contributed by atoms with E-state index in [4.69, 9.17) is 0 Å². The van der Waals surface area contributed by atoms with Crippen molar-refractivity contribution in [1.29, 1.82) is 0 Å². The van der Waals surface area contributed by atoms with Crippen LogP contribution in [0.3, 0.4) is 0 Å². The summed E-state index contributed by atoms with van der Waals surface area (Å²) >= 11 is 0.966. The van der Waals surface area contributed by atoms with E-state index in [1.54, 1.807) is 0 Å². The van der Waals surface area contributed by atoms with Crippen LogP contribution in [0.1, 0.15) is 11.1 Å². The monoisotopic (exact) mass is 280 g/mol. The molecule has 0 aliphatic carbocycles. The van der Waals surface area contributed by atoms with Crippen molar-refractivity contribution in [2.24, 2.45) is 0 Å². The molecule has 0 saturated heterocycles. The van der Waals surface area contributed by atoms with Crippen molar-refractivity contribution < 1.29 is 30.7 Å². The molecule has 0 unspecified atom stereocenters. The minimum atomic E-state index is -6.26. The number of halogens is 7. The van der Waals surface area contributed by atoms with Gasteiger partial charge in [0, 0.05) is 6.42 Å². The topological polar surface area (TPSA) is 0 Å². The van der Waals surface area contributed by atoms with Gasteiger partial charge in [-0.1, -0.05) is 0 Å². The molecule has 98 valence electrons. The van der Waals surface area contributed by atoms with Crippen LogP contribution in [-0.2, 0) is 6.42 Å². The third-order valence-electron chi connectivity index (χ3n) is 2.19. The zero-order valence-corrected chi connectivity index (χ0v) is 9.23. The summed E-state index contributed by atoms with van der Waals surface area (Å²) in [4.78, 5) is 0. The van der Waals surface area contributed by atoms with E-state index in [0.29, 0.717) is 0 Å². The molecule has 0 bridgehead atoms. The molecule has 0 nitrogen and oxygen atoms in total. The van der Waals surface area contributed by atoms with Gasteiger partial charge in [0.1, 0.15) is 0 Å². The smallest absolute Gasteiger partial charge is 0.199 e. The summed E-state index contributed by atoms with van der Waals surface area (Å²) in [6.45, 7) is 1.37. The van der Waals surface area contributed by atoms with Gasteiger partial charge in [0.25, 0.3) is 0 Å². The molecular weight excluding hydrogens is 273 g/mol. The van der Waals surface area contributed by atoms with Gasteiger partial charge in [0.15, 0.2) is 0 Å². The number of aryl methyl sites for hydroxylation is 1. The van der Waals surface area contributed by atoms with Crippen molar-refractivity contribution in [2.75, 3.05) is 0 Å². The third-order valence-corrected chi connectivity index (χ3v) is 3.10. The van der Waals surface area contributed by atoms with Crippen LogP contribution < -0.4 is 0 Å². The fourth-order valence-electron chi connectivity index (χ4n) is 1.13. The second kappa shape index (κ2) is 4.15. The zero-order chi connectivity index (χ0) is 13.5. The lowest BCUT2D eigenvalue weighted by molar-refractivity contribution is -0.354. The molecule has 0 aliphatic heterocycles. The second-order valence-corrected chi connectivity index (χ2v) is 4.28. The van der Waals surface area contributed by atoms with Crippen molar-refractivity contribution >= 4 is 11.3 Å². The van der Waals surface area contributed by atoms with Gasteiger partial charge >= 0.3 is 18.0 Å². The van der Waals surface area contributed by atoms with E-state index in [1.165, 1.54) is 12.3 Å². The Kier molecular flexibility index (Phi) is 3.48. The van der Waals surface area contributed by atoms with Gasteiger partial charge in [0.05, 0.1) is 0 Å². The molecule has 0 aliphatic rings. The molecule has 1 aromatic rings. The van der Waals surface area contributed by atoms with E-state index >= 15 is 0 Å². The Bertz CT molecular complexity index is 390. The van der Waals surface area contributed by atoms with Crippen LogP contribution in [0.5, 0.6) is 0 Å². The van der Waals surface area contributed by atoms with Gasteiger partial charge in [-0.25, -0.2) is 0 Å². The van der Waals surface area contributed by atoms with Crippen molar-refractivity contribution in [3.05, 3.63) is 21.9 Å². The predicted molar refractivity (Wildman–Crippen MR) is 48.7 cm³/mol. The molecule has 1 heterocycles. The van der Waals surface area contributed by atoms with Crippen LogP contribution in [0.4, 0.5) is 30.7 Å². The first kappa shape index (κ1) is 14.3. The summed E-state index contributed by atoms with van der Waals surface area (Å²) in [5.41, 5.74) is 0.0663. The zero-order valence-electron chi connectivity index (χ0n) is 8.42. The van der Waals surface area contributed by atoms with E-state index in [1.807, 2.05) is 0 Å². The standard InChI is InChI=1S/C9H7F7S/c1-5-3-17-4-6(5)2-7(10,11)8(12,13)9(14,15)16/h3-4H,2H2,1H3. The number of alkyl halides is 7. The Morgan fingerprint density at radius 2 is 1.53 bits per heavy atom. The first-order valence-electron chi connectivity index (χ1n) is 4.33. The van der Waals surface area contributed by atoms with Gasteiger partial charge in [-0.2, -0.15) is 42.1 Å². The molecule has 1 rings (SSSR count). The molecule has 1 aromatic heterocycles. The lowest BCUT2D eigenvalue weighted by Gasteiger charge is -2.28. The summed E-state index contributed by atoms with van der Waals surface area (Å²) in [6.07, 6.45) is -7.89. The Balaban J connectivity index is 3.00. The van der Waals surface area contributed by atoms with E-state index < -0.39 is 24.4 Å². The highest BCUT2D eigenvalue weighted by atomic mass is 32.1. The molecule has 0 amide bonds. The third kappa shape index (κ3) is 2.56. The molecule has 0 aromatic carbocycles. The average Bonchev–Trinajstić information content (AvgIpc) is 2.49. The Morgan fingerprint density at radius 3 is 1.88 bits per heavy atom. The molecule has 0 saturated carbocycles. The minimum Gasteiger partial charge on any atom is -0.199 e. The van der Waals surface area contributed by atoms with Crippen LogP contribution in [0.15, 0.2) is 10.8 Å². The van der Waals surface area contributed by atoms with Gasteiger partial charge in [-0.05, 0) is 28.8 Å². The maximum absolute atomic E-state index is 13.0. The summed E-state index contributed by atoms with van der Waals surface area (Å²) in [7, 11) is 0.